The highest BCUT2D eigenvalue weighted by Gasteiger charge is 2.21. The molecule has 0 saturated carbocycles. The Morgan fingerprint density at radius 1 is 1.12 bits per heavy atom. The number of rotatable bonds is 4. The van der Waals surface area contributed by atoms with E-state index in [1.165, 1.54) is 11.1 Å². The smallest absolute Gasteiger partial charge is 0.254 e. The molecular formula is C21H20N4O. The average Bonchev–Trinajstić information content (AvgIpc) is 3.10. The van der Waals surface area contributed by atoms with Gasteiger partial charge >= 0.3 is 0 Å². The van der Waals surface area contributed by atoms with E-state index in [0.29, 0.717) is 18.1 Å². The second-order valence-corrected chi connectivity index (χ2v) is 6.47. The third kappa shape index (κ3) is 3.28. The minimum atomic E-state index is -0.167. The fourth-order valence-corrected chi connectivity index (χ4v) is 3.23. The van der Waals surface area contributed by atoms with Gasteiger partial charge in [0.15, 0.2) is 0 Å². The summed E-state index contributed by atoms with van der Waals surface area (Å²) in [6.07, 6.45) is 4.17. The van der Waals surface area contributed by atoms with Crippen LogP contribution in [-0.2, 0) is 13.0 Å². The molecule has 0 aliphatic carbocycles. The Balaban J connectivity index is 1.44. The molecule has 1 aromatic heterocycles. The van der Waals surface area contributed by atoms with Gasteiger partial charge < -0.3 is 10.2 Å². The number of fused-ring (bicyclic) bond motifs is 1. The lowest BCUT2D eigenvalue weighted by molar-refractivity contribution is 0.0950. The Morgan fingerprint density at radius 3 is 2.73 bits per heavy atom. The highest BCUT2D eigenvalue weighted by molar-refractivity contribution is 5.93. The molecule has 0 fully saturated rings. The van der Waals surface area contributed by atoms with Gasteiger partial charge in [0.05, 0.1) is 5.56 Å². The molecule has 130 valence electrons. The van der Waals surface area contributed by atoms with Crippen LogP contribution in [0.4, 0.5) is 11.6 Å². The lowest BCUT2D eigenvalue weighted by Crippen LogP contribution is -2.24. The minimum absolute atomic E-state index is 0.167. The third-order valence-corrected chi connectivity index (χ3v) is 4.56. The van der Waals surface area contributed by atoms with Crippen molar-refractivity contribution in [2.45, 2.75) is 19.9 Å². The summed E-state index contributed by atoms with van der Waals surface area (Å²) in [7, 11) is 0. The third-order valence-electron chi connectivity index (χ3n) is 4.56. The number of nitrogens with zero attached hydrogens (tertiary/aromatic N) is 3. The maximum Gasteiger partial charge on any atom is 0.254 e. The molecule has 0 saturated heterocycles. The Kier molecular flexibility index (Phi) is 4.35. The summed E-state index contributed by atoms with van der Waals surface area (Å²) >= 11 is 0. The lowest BCUT2D eigenvalue weighted by atomic mass is 10.1. The Morgan fingerprint density at radius 2 is 1.92 bits per heavy atom. The molecule has 1 aliphatic heterocycles. The van der Waals surface area contributed by atoms with Crippen molar-refractivity contribution >= 4 is 17.5 Å². The van der Waals surface area contributed by atoms with E-state index in [-0.39, 0.29) is 5.91 Å². The van der Waals surface area contributed by atoms with Crippen LogP contribution in [0.2, 0.25) is 0 Å². The van der Waals surface area contributed by atoms with Gasteiger partial charge in [-0.05, 0) is 30.5 Å². The summed E-state index contributed by atoms with van der Waals surface area (Å²) in [5.74, 6) is 0.463. The van der Waals surface area contributed by atoms with Crippen molar-refractivity contribution in [1.82, 2.24) is 15.3 Å². The van der Waals surface area contributed by atoms with Gasteiger partial charge in [-0.3, -0.25) is 4.79 Å². The Hall–Kier alpha value is -3.21. The molecule has 5 nitrogen and oxygen atoms in total. The van der Waals surface area contributed by atoms with Crippen LogP contribution in [-0.4, -0.2) is 22.4 Å². The first-order valence-electron chi connectivity index (χ1n) is 8.72. The molecule has 1 N–H and O–H groups in total. The number of carbonyl (C=O) groups excluding carboxylic acids is 1. The zero-order valence-electron chi connectivity index (χ0n) is 14.6. The maximum absolute atomic E-state index is 12.3. The van der Waals surface area contributed by atoms with Crippen LogP contribution in [0.1, 0.15) is 27.0 Å². The molecule has 0 radical (unpaired) electrons. The second kappa shape index (κ2) is 6.96. The zero-order valence-corrected chi connectivity index (χ0v) is 14.6. The number of carbonyl (C=O) groups is 1. The van der Waals surface area contributed by atoms with E-state index in [9.17, 15) is 4.79 Å². The van der Waals surface area contributed by atoms with Crippen molar-refractivity contribution in [2.24, 2.45) is 0 Å². The van der Waals surface area contributed by atoms with Gasteiger partial charge in [0.1, 0.15) is 0 Å². The Labute approximate surface area is 152 Å². The fraction of sp³-hybridized carbons (Fsp3) is 0.190. The first-order valence-corrected chi connectivity index (χ1v) is 8.72. The molecule has 1 amide bonds. The molecule has 5 heteroatoms. The van der Waals surface area contributed by atoms with Crippen molar-refractivity contribution < 1.29 is 4.79 Å². The molecule has 4 rings (SSSR count). The van der Waals surface area contributed by atoms with E-state index in [2.05, 4.69) is 38.4 Å². The molecule has 26 heavy (non-hydrogen) atoms. The molecule has 0 unspecified atom stereocenters. The molecule has 0 bridgehead atoms. The van der Waals surface area contributed by atoms with Crippen molar-refractivity contribution in [3.05, 3.63) is 83.2 Å². The average molecular weight is 344 g/mol. The van der Waals surface area contributed by atoms with Crippen LogP contribution in [0, 0.1) is 6.92 Å². The zero-order chi connectivity index (χ0) is 17.9. The molecule has 0 atom stereocenters. The number of anilines is 2. The SMILES string of the molecule is Cc1cccc(CNC(=O)c2cnc(N3CCc4ccccc43)nc2)c1. The van der Waals surface area contributed by atoms with Crippen LogP contribution in [0.15, 0.2) is 60.9 Å². The predicted octanol–water partition coefficient (Wildman–Crippen LogP) is 3.41. The van der Waals surface area contributed by atoms with E-state index in [0.717, 1.165) is 24.2 Å². The predicted molar refractivity (Wildman–Crippen MR) is 102 cm³/mol. The largest absolute Gasteiger partial charge is 0.348 e. The summed E-state index contributed by atoms with van der Waals surface area (Å²) in [6.45, 7) is 3.38. The number of benzene rings is 2. The van der Waals surface area contributed by atoms with Crippen LogP contribution in [0.3, 0.4) is 0 Å². The summed E-state index contributed by atoms with van der Waals surface area (Å²) in [5, 5.41) is 2.91. The summed E-state index contributed by atoms with van der Waals surface area (Å²) in [6, 6.07) is 16.4. The molecule has 1 aliphatic rings. The molecular weight excluding hydrogens is 324 g/mol. The van der Waals surface area contributed by atoms with Gasteiger partial charge in [0.2, 0.25) is 5.95 Å². The monoisotopic (exact) mass is 344 g/mol. The molecule has 0 spiro atoms. The van der Waals surface area contributed by atoms with Gasteiger partial charge in [-0.1, -0.05) is 48.0 Å². The topological polar surface area (TPSA) is 58.1 Å². The number of aryl methyl sites for hydroxylation is 1. The normalized spacial score (nSPS) is 12.7. The first-order chi connectivity index (χ1) is 12.7. The van der Waals surface area contributed by atoms with Gasteiger partial charge in [-0.2, -0.15) is 0 Å². The highest BCUT2D eigenvalue weighted by atomic mass is 16.1. The van der Waals surface area contributed by atoms with Gasteiger partial charge in [0, 0.05) is 31.2 Å². The Bertz CT molecular complexity index is 937. The van der Waals surface area contributed by atoms with Crippen LogP contribution < -0.4 is 10.2 Å². The standard InChI is InChI=1S/C21H20N4O/c1-15-5-4-6-16(11-15)12-22-20(26)18-13-23-21(24-14-18)25-10-9-17-7-2-3-8-19(17)25/h2-8,11,13-14H,9-10,12H2,1H3,(H,22,26). The lowest BCUT2D eigenvalue weighted by Gasteiger charge is -2.16. The maximum atomic E-state index is 12.3. The van der Waals surface area contributed by atoms with Gasteiger partial charge in [0.25, 0.3) is 5.91 Å². The first kappa shape index (κ1) is 16.3. The van der Waals surface area contributed by atoms with Crippen LogP contribution in [0.25, 0.3) is 0 Å². The van der Waals surface area contributed by atoms with Crippen molar-refractivity contribution in [1.29, 1.82) is 0 Å². The molecule has 2 aromatic carbocycles. The molecule has 3 aromatic rings. The number of aromatic nitrogens is 2. The highest BCUT2D eigenvalue weighted by Crippen LogP contribution is 2.31. The van der Waals surface area contributed by atoms with Crippen LogP contribution in [0.5, 0.6) is 0 Å². The van der Waals surface area contributed by atoms with Crippen molar-refractivity contribution in [2.75, 3.05) is 11.4 Å². The van der Waals surface area contributed by atoms with Crippen molar-refractivity contribution in [3.8, 4) is 0 Å². The number of nitrogens with one attached hydrogen (secondary N) is 1. The summed E-state index contributed by atoms with van der Waals surface area (Å²) < 4.78 is 0. The second-order valence-electron chi connectivity index (χ2n) is 6.47. The van der Waals surface area contributed by atoms with Gasteiger partial charge in [-0.25, -0.2) is 9.97 Å². The van der Waals surface area contributed by atoms with Gasteiger partial charge in [-0.15, -0.1) is 0 Å². The number of para-hydroxylation sites is 1. The quantitative estimate of drug-likeness (QED) is 0.788. The number of amides is 1. The summed E-state index contributed by atoms with van der Waals surface area (Å²) in [4.78, 5) is 23.2. The van der Waals surface area contributed by atoms with E-state index in [4.69, 9.17) is 0 Å². The fourth-order valence-electron chi connectivity index (χ4n) is 3.23. The number of hydrogen-bond donors (Lipinski definition) is 1. The molecule has 2 heterocycles. The van der Waals surface area contributed by atoms with Crippen LogP contribution >= 0.6 is 0 Å². The number of hydrogen-bond acceptors (Lipinski definition) is 4. The van der Waals surface area contributed by atoms with E-state index < -0.39 is 0 Å². The van der Waals surface area contributed by atoms with E-state index in [1.54, 1.807) is 12.4 Å². The van der Waals surface area contributed by atoms with E-state index >= 15 is 0 Å². The minimum Gasteiger partial charge on any atom is -0.348 e. The van der Waals surface area contributed by atoms with Crippen molar-refractivity contribution in [3.63, 3.8) is 0 Å². The van der Waals surface area contributed by atoms with E-state index in [1.807, 2.05) is 37.3 Å². The summed E-state index contributed by atoms with van der Waals surface area (Å²) in [5.41, 5.74) is 5.16.